The van der Waals surface area contributed by atoms with Crippen LogP contribution in [-0.2, 0) is 9.53 Å². The van der Waals surface area contributed by atoms with E-state index in [9.17, 15) is 4.79 Å². The second-order valence-corrected chi connectivity index (χ2v) is 5.88. The molecule has 0 aliphatic carbocycles. The monoisotopic (exact) mass is 314 g/mol. The van der Waals surface area contributed by atoms with Gasteiger partial charge in [0, 0.05) is 31.1 Å². The molecule has 0 aromatic carbocycles. The zero-order chi connectivity index (χ0) is 15.6. The summed E-state index contributed by atoms with van der Waals surface area (Å²) < 4.78 is 11.0. The maximum absolute atomic E-state index is 12.6. The topological polar surface area (TPSA) is 81.4 Å². The van der Waals surface area contributed by atoms with Gasteiger partial charge in [-0.1, -0.05) is 5.16 Å². The van der Waals surface area contributed by atoms with Gasteiger partial charge in [0.25, 0.3) is 5.91 Å². The van der Waals surface area contributed by atoms with E-state index in [2.05, 4.69) is 15.1 Å². The maximum Gasteiger partial charge on any atom is 0.252 e. The van der Waals surface area contributed by atoms with Gasteiger partial charge in [0.15, 0.2) is 0 Å². The molecule has 2 unspecified atom stereocenters. The number of rotatable bonds is 3. The van der Waals surface area contributed by atoms with Crippen LogP contribution in [0.4, 0.5) is 0 Å². The third-order valence-corrected chi connectivity index (χ3v) is 4.41. The minimum Gasteiger partial charge on any atom is -0.368 e. The van der Waals surface area contributed by atoms with Gasteiger partial charge in [-0.2, -0.15) is 4.98 Å². The van der Waals surface area contributed by atoms with Crippen molar-refractivity contribution in [3.8, 4) is 11.4 Å². The molecule has 2 atom stereocenters. The second-order valence-electron chi connectivity index (χ2n) is 5.88. The smallest absolute Gasteiger partial charge is 0.252 e. The highest BCUT2D eigenvalue weighted by Crippen LogP contribution is 2.33. The number of nitrogens with zero attached hydrogens (tertiary/aromatic N) is 4. The lowest BCUT2D eigenvalue weighted by Gasteiger charge is -2.24. The molecule has 4 rings (SSSR count). The lowest BCUT2D eigenvalue weighted by molar-refractivity contribution is -0.142. The molecule has 2 aromatic rings. The van der Waals surface area contributed by atoms with Crippen molar-refractivity contribution in [2.75, 3.05) is 13.2 Å². The van der Waals surface area contributed by atoms with E-state index in [1.54, 1.807) is 12.4 Å². The van der Waals surface area contributed by atoms with Crippen LogP contribution in [0.5, 0.6) is 0 Å². The Kier molecular flexibility index (Phi) is 3.78. The van der Waals surface area contributed by atoms with E-state index in [1.807, 2.05) is 17.0 Å². The Morgan fingerprint density at radius 2 is 2.09 bits per heavy atom. The number of hydrogen-bond acceptors (Lipinski definition) is 6. The molecule has 7 nitrogen and oxygen atoms in total. The summed E-state index contributed by atoms with van der Waals surface area (Å²) in [5, 5.41) is 4.04. The van der Waals surface area contributed by atoms with Gasteiger partial charge in [-0.15, -0.1) is 0 Å². The number of likely N-dealkylation sites (tertiary alicyclic amines) is 1. The standard InChI is InChI=1S/C16H18N4O3/c21-16(13-4-2-10-22-13)20-9-1-3-12(20)15-18-14(19-23-15)11-5-7-17-8-6-11/h5-8,12-13H,1-4,9-10H2. The SMILES string of the molecule is O=C(C1CCCO1)N1CCCC1c1nc(-c2ccncc2)no1. The molecule has 2 aliphatic rings. The number of carbonyl (C=O) groups is 1. The highest BCUT2D eigenvalue weighted by atomic mass is 16.5. The van der Waals surface area contributed by atoms with Gasteiger partial charge in [0.1, 0.15) is 12.1 Å². The zero-order valence-electron chi connectivity index (χ0n) is 12.7. The average molecular weight is 314 g/mol. The van der Waals surface area contributed by atoms with Crippen molar-refractivity contribution >= 4 is 5.91 Å². The van der Waals surface area contributed by atoms with Gasteiger partial charge in [0.05, 0.1) is 0 Å². The van der Waals surface area contributed by atoms with Gasteiger partial charge in [-0.05, 0) is 37.8 Å². The van der Waals surface area contributed by atoms with Crippen LogP contribution in [-0.4, -0.2) is 45.2 Å². The van der Waals surface area contributed by atoms with E-state index in [0.29, 0.717) is 18.3 Å². The van der Waals surface area contributed by atoms with Gasteiger partial charge < -0.3 is 14.2 Å². The summed E-state index contributed by atoms with van der Waals surface area (Å²) in [4.78, 5) is 22.9. The summed E-state index contributed by atoms with van der Waals surface area (Å²) >= 11 is 0. The van der Waals surface area contributed by atoms with Crippen LogP contribution in [0.2, 0.25) is 0 Å². The van der Waals surface area contributed by atoms with Crippen molar-refractivity contribution in [1.82, 2.24) is 20.0 Å². The van der Waals surface area contributed by atoms with Crippen molar-refractivity contribution in [2.24, 2.45) is 0 Å². The largest absolute Gasteiger partial charge is 0.368 e. The molecular formula is C16H18N4O3. The number of amides is 1. The first kappa shape index (κ1) is 14.3. The first-order chi connectivity index (χ1) is 11.3. The molecule has 120 valence electrons. The van der Waals surface area contributed by atoms with Crippen molar-refractivity contribution in [3.63, 3.8) is 0 Å². The molecule has 7 heteroatoms. The Labute approximate surface area is 133 Å². The van der Waals surface area contributed by atoms with Crippen molar-refractivity contribution in [2.45, 2.75) is 37.8 Å². The Bertz CT molecular complexity index is 682. The number of pyridine rings is 1. The molecule has 4 heterocycles. The Morgan fingerprint density at radius 1 is 1.22 bits per heavy atom. The van der Waals surface area contributed by atoms with Crippen LogP contribution >= 0.6 is 0 Å². The number of hydrogen-bond donors (Lipinski definition) is 0. The molecule has 2 saturated heterocycles. The van der Waals surface area contributed by atoms with Gasteiger partial charge in [0.2, 0.25) is 11.7 Å². The summed E-state index contributed by atoms with van der Waals surface area (Å²) in [5.74, 6) is 1.08. The van der Waals surface area contributed by atoms with E-state index in [0.717, 1.165) is 37.8 Å². The predicted octanol–water partition coefficient (Wildman–Crippen LogP) is 1.97. The summed E-state index contributed by atoms with van der Waals surface area (Å²) in [7, 11) is 0. The predicted molar refractivity (Wildman–Crippen MR) is 80.2 cm³/mol. The Balaban J connectivity index is 1.55. The third kappa shape index (κ3) is 2.72. The first-order valence-electron chi connectivity index (χ1n) is 7.99. The number of aromatic nitrogens is 3. The molecule has 0 bridgehead atoms. The minimum atomic E-state index is -0.307. The van der Waals surface area contributed by atoms with Crippen molar-refractivity contribution in [3.05, 3.63) is 30.4 Å². The van der Waals surface area contributed by atoms with Crippen LogP contribution in [0.15, 0.2) is 29.0 Å². The van der Waals surface area contributed by atoms with Crippen molar-refractivity contribution in [1.29, 1.82) is 0 Å². The molecule has 0 N–H and O–H groups in total. The molecule has 0 saturated carbocycles. The van der Waals surface area contributed by atoms with Crippen LogP contribution in [0, 0.1) is 0 Å². The van der Waals surface area contributed by atoms with E-state index in [4.69, 9.17) is 9.26 Å². The fourth-order valence-corrected chi connectivity index (χ4v) is 3.23. The summed E-state index contributed by atoms with van der Waals surface area (Å²) in [6.07, 6.45) is 6.60. The average Bonchev–Trinajstić information content (AvgIpc) is 3.35. The molecule has 2 fully saturated rings. The lowest BCUT2D eigenvalue weighted by atomic mass is 10.2. The quantitative estimate of drug-likeness (QED) is 0.861. The zero-order valence-corrected chi connectivity index (χ0v) is 12.7. The van der Waals surface area contributed by atoms with Crippen LogP contribution < -0.4 is 0 Å². The number of ether oxygens (including phenoxy) is 1. The second kappa shape index (κ2) is 6.08. The lowest BCUT2D eigenvalue weighted by Crippen LogP contribution is -2.38. The molecule has 0 radical (unpaired) electrons. The maximum atomic E-state index is 12.6. The molecule has 23 heavy (non-hydrogen) atoms. The fourth-order valence-electron chi connectivity index (χ4n) is 3.23. The van der Waals surface area contributed by atoms with E-state index < -0.39 is 0 Å². The fraction of sp³-hybridized carbons (Fsp3) is 0.500. The van der Waals surface area contributed by atoms with E-state index in [1.165, 1.54) is 0 Å². The first-order valence-corrected chi connectivity index (χ1v) is 7.99. The molecule has 2 aromatic heterocycles. The Hall–Kier alpha value is -2.28. The molecule has 1 amide bonds. The molecule has 0 spiro atoms. The normalized spacial score (nSPS) is 24.3. The highest BCUT2D eigenvalue weighted by molar-refractivity contribution is 5.81. The van der Waals surface area contributed by atoms with Gasteiger partial charge in [-0.25, -0.2) is 0 Å². The van der Waals surface area contributed by atoms with Crippen LogP contribution in [0.25, 0.3) is 11.4 Å². The minimum absolute atomic E-state index is 0.0497. The van der Waals surface area contributed by atoms with E-state index in [-0.39, 0.29) is 18.1 Å². The van der Waals surface area contributed by atoms with E-state index >= 15 is 0 Å². The van der Waals surface area contributed by atoms with Crippen molar-refractivity contribution < 1.29 is 14.1 Å². The number of carbonyl (C=O) groups excluding carboxylic acids is 1. The van der Waals surface area contributed by atoms with Crippen LogP contribution in [0.1, 0.15) is 37.6 Å². The summed E-state index contributed by atoms with van der Waals surface area (Å²) in [5.41, 5.74) is 0.852. The summed E-state index contributed by atoms with van der Waals surface area (Å²) in [6, 6.07) is 3.52. The van der Waals surface area contributed by atoms with Crippen LogP contribution in [0.3, 0.4) is 0 Å². The highest BCUT2D eigenvalue weighted by Gasteiger charge is 2.38. The molecular weight excluding hydrogens is 296 g/mol. The molecule has 2 aliphatic heterocycles. The van der Waals surface area contributed by atoms with Gasteiger partial charge in [-0.3, -0.25) is 9.78 Å². The Morgan fingerprint density at radius 3 is 2.87 bits per heavy atom. The summed E-state index contributed by atoms with van der Waals surface area (Å²) in [6.45, 7) is 1.39. The third-order valence-electron chi connectivity index (χ3n) is 4.41. The van der Waals surface area contributed by atoms with Gasteiger partial charge >= 0.3 is 0 Å².